The summed E-state index contributed by atoms with van der Waals surface area (Å²) in [6, 6.07) is 0. The van der Waals surface area contributed by atoms with Gasteiger partial charge >= 0.3 is 11.9 Å². The van der Waals surface area contributed by atoms with Crippen molar-refractivity contribution >= 4 is 28.9 Å². The highest BCUT2D eigenvalue weighted by Crippen LogP contribution is 2.19. The molecule has 0 aromatic heterocycles. The molecule has 0 fully saturated rings. The van der Waals surface area contributed by atoms with Crippen LogP contribution in [0.4, 0.5) is 4.79 Å². The normalized spacial score (nSPS) is 12.1. The summed E-state index contributed by atoms with van der Waals surface area (Å²) in [6.07, 6.45) is 30.3. The second-order valence-corrected chi connectivity index (χ2v) is 15.3. The van der Waals surface area contributed by atoms with Crippen molar-refractivity contribution in [3.63, 3.8) is 0 Å². The number of esters is 2. The Morgan fingerprint density at radius 3 is 1.75 bits per heavy atom. The molecule has 0 aromatic carbocycles. The summed E-state index contributed by atoms with van der Waals surface area (Å²) in [5.41, 5.74) is 0. The molecule has 0 bridgehead atoms. The smallest absolute Gasteiger partial charge is 0.306 e. The van der Waals surface area contributed by atoms with Crippen molar-refractivity contribution in [3.05, 3.63) is 12.2 Å². The SMILES string of the molecule is CCCCCC/C=C\COC(=O)CCCCCN(CCCC(=O)OC(CCCCCCC)CCCCCCCC)C(=O)SCCCN(CC)CC. The lowest BCUT2D eigenvalue weighted by atomic mass is 10.0. The molecule has 8 heteroatoms. The molecule has 0 heterocycles. The summed E-state index contributed by atoms with van der Waals surface area (Å²) in [5, 5.41) is 0.0943. The number of carbonyl (C=O) groups is 3. The molecule has 0 aliphatic heterocycles. The van der Waals surface area contributed by atoms with E-state index in [0.717, 1.165) is 83.2 Å². The van der Waals surface area contributed by atoms with Crippen LogP contribution in [0.3, 0.4) is 0 Å². The predicted octanol–water partition coefficient (Wildman–Crippen LogP) is 12.3. The maximum atomic E-state index is 13.3. The third kappa shape index (κ3) is 32.8. The van der Waals surface area contributed by atoms with Crippen molar-refractivity contribution in [2.45, 2.75) is 201 Å². The zero-order chi connectivity index (χ0) is 37.6. The monoisotopic (exact) mass is 739 g/mol. The maximum Gasteiger partial charge on any atom is 0.306 e. The molecule has 300 valence electrons. The first kappa shape index (κ1) is 49.5. The number of hydrogen-bond donors (Lipinski definition) is 0. The number of thioether (sulfide) groups is 1. The van der Waals surface area contributed by atoms with Crippen molar-refractivity contribution in [1.29, 1.82) is 0 Å². The van der Waals surface area contributed by atoms with Gasteiger partial charge in [0.1, 0.15) is 12.7 Å². The topological polar surface area (TPSA) is 76.1 Å². The summed E-state index contributed by atoms with van der Waals surface area (Å²) in [7, 11) is 0. The minimum absolute atomic E-state index is 0.0164. The Kier molecular flexibility index (Phi) is 37.0. The maximum absolute atomic E-state index is 13.3. The zero-order valence-corrected chi connectivity index (χ0v) is 35.0. The van der Waals surface area contributed by atoms with Crippen LogP contribution in [0.5, 0.6) is 0 Å². The van der Waals surface area contributed by atoms with Gasteiger partial charge in [0.25, 0.3) is 5.24 Å². The van der Waals surface area contributed by atoms with Crippen LogP contribution in [-0.4, -0.2) is 78.2 Å². The predicted molar refractivity (Wildman–Crippen MR) is 220 cm³/mol. The first-order valence-electron chi connectivity index (χ1n) is 21.6. The van der Waals surface area contributed by atoms with Gasteiger partial charge in [0.15, 0.2) is 0 Å². The van der Waals surface area contributed by atoms with Crippen molar-refractivity contribution in [2.24, 2.45) is 0 Å². The quantitative estimate of drug-likeness (QED) is 0.0357. The number of ether oxygens (including phenoxy) is 2. The standard InChI is InChI=1S/C43H82N2O5S/c1-6-11-14-17-19-22-28-38-49-41(46)33-26-23-27-36-45(43(48)51-39-30-35-44(9-4)10-5)37-29-34-42(47)50-40(31-24-20-16-13-8-3)32-25-21-18-15-12-7-2/h22,28,40H,6-21,23-27,29-39H2,1-5H3/b28-22-. The number of hydrogen-bond acceptors (Lipinski definition) is 7. The highest BCUT2D eigenvalue weighted by molar-refractivity contribution is 8.13. The lowest BCUT2D eigenvalue weighted by molar-refractivity contribution is -0.150. The Morgan fingerprint density at radius 1 is 0.569 bits per heavy atom. The van der Waals surface area contributed by atoms with Crippen LogP contribution in [-0.2, 0) is 19.1 Å². The summed E-state index contributed by atoms with van der Waals surface area (Å²) in [6.45, 7) is 15.6. The van der Waals surface area contributed by atoms with Crippen molar-refractivity contribution < 1.29 is 23.9 Å². The van der Waals surface area contributed by atoms with E-state index < -0.39 is 0 Å². The fraction of sp³-hybridized carbons (Fsp3) is 0.884. The molecule has 51 heavy (non-hydrogen) atoms. The van der Waals surface area contributed by atoms with Crippen LogP contribution >= 0.6 is 11.8 Å². The van der Waals surface area contributed by atoms with Gasteiger partial charge in [-0.3, -0.25) is 14.4 Å². The van der Waals surface area contributed by atoms with Gasteiger partial charge in [-0.2, -0.15) is 0 Å². The molecule has 1 amide bonds. The van der Waals surface area contributed by atoms with Gasteiger partial charge in [-0.25, -0.2) is 0 Å². The third-order valence-electron chi connectivity index (χ3n) is 9.65. The second-order valence-electron chi connectivity index (χ2n) is 14.3. The van der Waals surface area contributed by atoms with E-state index in [9.17, 15) is 14.4 Å². The molecule has 0 saturated carbocycles. The van der Waals surface area contributed by atoms with E-state index in [1.54, 1.807) is 0 Å². The molecule has 1 unspecified atom stereocenters. The highest BCUT2D eigenvalue weighted by Gasteiger charge is 2.18. The lowest BCUT2D eigenvalue weighted by Crippen LogP contribution is -2.31. The molecule has 0 aliphatic carbocycles. The lowest BCUT2D eigenvalue weighted by Gasteiger charge is -2.23. The largest absolute Gasteiger partial charge is 0.462 e. The minimum Gasteiger partial charge on any atom is -0.462 e. The van der Waals surface area contributed by atoms with E-state index in [0.29, 0.717) is 39.0 Å². The van der Waals surface area contributed by atoms with Crippen LogP contribution in [0, 0.1) is 0 Å². The Labute approximate surface area is 320 Å². The van der Waals surface area contributed by atoms with E-state index in [2.05, 4.69) is 45.6 Å². The molecule has 1 atom stereocenters. The average Bonchev–Trinajstić information content (AvgIpc) is 3.12. The van der Waals surface area contributed by atoms with E-state index in [1.807, 2.05) is 11.0 Å². The Balaban J connectivity index is 4.80. The first-order chi connectivity index (χ1) is 24.9. The average molecular weight is 739 g/mol. The Bertz CT molecular complexity index is 835. The Hall–Kier alpha value is -1.54. The van der Waals surface area contributed by atoms with E-state index in [1.165, 1.54) is 95.2 Å². The number of carbonyl (C=O) groups excluding carboxylic acids is 3. The highest BCUT2D eigenvalue weighted by atomic mass is 32.2. The van der Waals surface area contributed by atoms with E-state index in [-0.39, 0.29) is 23.3 Å². The molecule has 0 aromatic rings. The van der Waals surface area contributed by atoms with Crippen molar-refractivity contribution in [1.82, 2.24) is 9.80 Å². The van der Waals surface area contributed by atoms with Gasteiger partial charge in [-0.05, 0) is 83.8 Å². The van der Waals surface area contributed by atoms with Crippen LogP contribution < -0.4 is 0 Å². The molecule has 7 nitrogen and oxygen atoms in total. The van der Waals surface area contributed by atoms with Gasteiger partial charge in [0.05, 0.1) is 0 Å². The fourth-order valence-electron chi connectivity index (χ4n) is 6.26. The van der Waals surface area contributed by atoms with Crippen LogP contribution in [0.1, 0.15) is 195 Å². The van der Waals surface area contributed by atoms with Gasteiger partial charge in [-0.1, -0.05) is 142 Å². The molecular weight excluding hydrogens is 657 g/mol. The van der Waals surface area contributed by atoms with Crippen molar-refractivity contribution in [3.8, 4) is 0 Å². The van der Waals surface area contributed by atoms with Crippen LogP contribution in [0.15, 0.2) is 12.2 Å². The molecule has 0 rings (SSSR count). The molecule has 0 saturated heterocycles. The number of unbranched alkanes of at least 4 members (excludes halogenated alkanes) is 15. The second kappa shape index (κ2) is 38.2. The Morgan fingerprint density at radius 2 is 1.12 bits per heavy atom. The van der Waals surface area contributed by atoms with Gasteiger partial charge in [0.2, 0.25) is 0 Å². The summed E-state index contributed by atoms with van der Waals surface area (Å²) >= 11 is 1.40. The molecule has 0 aliphatic rings. The van der Waals surface area contributed by atoms with E-state index in [4.69, 9.17) is 9.47 Å². The third-order valence-corrected chi connectivity index (χ3v) is 10.7. The van der Waals surface area contributed by atoms with Crippen molar-refractivity contribution in [2.75, 3.05) is 45.1 Å². The molecule has 0 spiro atoms. The van der Waals surface area contributed by atoms with Crippen LogP contribution in [0.25, 0.3) is 0 Å². The van der Waals surface area contributed by atoms with Gasteiger partial charge in [0, 0.05) is 31.7 Å². The van der Waals surface area contributed by atoms with Gasteiger partial charge in [-0.15, -0.1) is 0 Å². The van der Waals surface area contributed by atoms with E-state index >= 15 is 0 Å². The summed E-state index contributed by atoms with van der Waals surface area (Å²) in [4.78, 5) is 42.8. The van der Waals surface area contributed by atoms with Gasteiger partial charge < -0.3 is 19.3 Å². The fourth-order valence-corrected chi connectivity index (χ4v) is 7.07. The number of nitrogens with zero attached hydrogens (tertiary/aromatic N) is 2. The zero-order valence-electron chi connectivity index (χ0n) is 34.2. The minimum atomic E-state index is -0.156. The summed E-state index contributed by atoms with van der Waals surface area (Å²) < 4.78 is 11.4. The molecule has 0 radical (unpaired) electrons. The number of allylic oxidation sites excluding steroid dienone is 1. The molecule has 0 N–H and O–H groups in total. The number of rotatable bonds is 37. The van der Waals surface area contributed by atoms with Crippen LogP contribution in [0.2, 0.25) is 0 Å². The first-order valence-corrected chi connectivity index (χ1v) is 22.5. The molecular formula is C43H82N2O5S. The number of amides is 1. The summed E-state index contributed by atoms with van der Waals surface area (Å²) in [5.74, 6) is 0.519.